The molecule has 4 rings (SSSR count). The topological polar surface area (TPSA) is 33.7 Å². The van der Waals surface area contributed by atoms with Crippen molar-refractivity contribution in [1.29, 1.82) is 0 Å². The van der Waals surface area contributed by atoms with Gasteiger partial charge in [-0.25, -0.2) is 0 Å². The van der Waals surface area contributed by atoms with Gasteiger partial charge in [0.2, 0.25) is 0 Å². The lowest BCUT2D eigenvalue weighted by Gasteiger charge is -2.40. The molecule has 0 spiro atoms. The van der Waals surface area contributed by atoms with E-state index in [4.69, 9.17) is 9.47 Å². The Morgan fingerprint density at radius 2 is 2.12 bits per heavy atom. The SMILES string of the molecule is CO[C@H](C)CN1c2c(cc3c(c2C2CC2)CCNCC3)OC[C@H]1C. The van der Waals surface area contributed by atoms with E-state index in [2.05, 4.69) is 30.1 Å². The van der Waals surface area contributed by atoms with Crippen molar-refractivity contribution in [2.75, 3.05) is 38.3 Å². The number of ether oxygens (including phenoxy) is 2. The van der Waals surface area contributed by atoms with Crippen molar-refractivity contribution in [2.24, 2.45) is 0 Å². The van der Waals surface area contributed by atoms with E-state index in [1.54, 1.807) is 18.2 Å². The molecule has 4 nitrogen and oxygen atoms in total. The van der Waals surface area contributed by atoms with E-state index < -0.39 is 0 Å². The van der Waals surface area contributed by atoms with Gasteiger partial charge in [-0.1, -0.05) is 0 Å². The Kier molecular flexibility index (Phi) is 4.44. The van der Waals surface area contributed by atoms with E-state index in [1.807, 2.05) is 0 Å². The molecule has 132 valence electrons. The minimum Gasteiger partial charge on any atom is -0.489 e. The molecule has 1 aliphatic carbocycles. The van der Waals surface area contributed by atoms with Gasteiger partial charge in [-0.15, -0.1) is 0 Å². The fraction of sp³-hybridized carbons (Fsp3) is 0.700. The molecule has 1 aromatic carbocycles. The predicted molar refractivity (Wildman–Crippen MR) is 97.5 cm³/mol. The summed E-state index contributed by atoms with van der Waals surface area (Å²) in [4.78, 5) is 2.55. The Labute approximate surface area is 145 Å². The normalized spacial score (nSPS) is 24.6. The van der Waals surface area contributed by atoms with Crippen LogP contribution in [0.5, 0.6) is 5.75 Å². The Hall–Kier alpha value is -1.26. The Balaban J connectivity index is 1.83. The van der Waals surface area contributed by atoms with Gasteiger partial charge in [-0.05, 0) is 81.3 Å². The lowest BCUT2D eigenvalue weighted by molar-refractivity contribution is 0.118. The van der Waals surface area contributed by atoms with Crippen LogP contribution in [0, 0.1) is 0 Å². The standard InChI is InChI=1S/C20H30N2O2/c1-13-12-24-18-10-16-6-8-21-9-7-17(16)19(15-4-5-15)20(18)22(13)11-14(2)23-3/h10,13-15,21H,4-9,11-12H2,1-3H3/t13-,14-/m1/s1. The summed E-state index contributed by atoms with van der Waals surface area (Å²) in [7, 11) is 1.81. The minimum atomic E-state index is 0.228. The zero-order valence-corrected chi connectivity index (χ0v) is 15.2. The molecule has 0 unspecified atom stereocenters. The van der Waals surface area contributed by atoms with E-state index in [0.717, 1.165) is 50.8 Å². The summed E-state index contributed by atoms with van der Waals surface area (Å²) >= 11 is 0. The monoisotopic (exact) mass is 330 g/mol. The maximum Gasteiger partial charge on any atom is 0.143 e. The van der Waals surface area contributed by atoms with Gasteiger partial charge in [0.05, 0.1) is 17.8 Å². The number of methoxy groups -OCH3 is 1. The molecule has 0 bridgehead atoms. The highest BCUT2D eigenvalue weighted by Gasteiger charge is 2.37. The maximum atomic E-state index is 6.20. The molecule has 3 aliphatic rings. The van der Waals surface area contributed by atoms with Gasteiger partial charge >= 0.3 is 0 Å². The molecule has 0 radical (unpaired) electrons. The third-order valence-corrected chi connectivity index (χ3v) is 5.77. The summed E-state index contributed by atoms with van der Waals surface area (Å²) in [6, 6.07) is 2.73. The van der Waals surface area contributed by atoms with Gasteiger partial charge in [0, 0.05) is 13.7 Å². The molecule has 24 heavy (non-hydrogen) atoms. The number of hydrogen-bond acceptors (Lipinski definition) is 4. The molecular weight excluding hydrogens is 300 g/mol. The quantitative estimate of drug-likeness (QED) is 0.920. The summed E-state index contributed by atoms with van der Waals surface area (Å²) in [5.41, 5.74) is 6.09. The lowest BCUT2D eigenvalue weighted by Crippen LogP contribution is -2.45. The average Bonchev–Trinajstić information content (AvgIpc) is 3.42. The van der Waals surface area contributed by atoms with Gasteiger partial charge in [0.1, 0.15) is 12.4 Å². The van der Waals surface area contributed by atoms with Crippen LogP contribution in [-0.2, 0) is 17.6 Å². The van der Waals surface area contributed by atoms with Crippen LogP contribution in [0.25, 0.3) is 0 Å². The number of anilines is 1. The Bertz CT molecular complexity index is 612. The van der Waals surface area contributed by atoms with Crippen LogP contribution in [0.4, 0.5) is 5.69 Å². The van der Waals surface area contributed by atoms with Gasteiger partial charge in [0.25, 0.3) is 0 Å². The van der Waals surface area contributed by atoms with Crippen molar-refractivity contribution >= 4 is 5.69 Å². The van der Waals surface area contributed by atoms with Gasteiger partial charge in [-0.2, -0.15) is 0 Å². The molecule has 2 heterocycles. The fourth-order valence-electron chi connectivity index (χ4n) is 4.20. The number of rotatable bonds is 4. The Morgan fingerprint density at radius 3 is 2.88 bits per heavy atom. The maximum absolute atomic E-state index is 6.20. The summed E-state index contributed by atoms with van der Waals surface area (Å²) < 4.78 is 11.8. The Morgan fingerprint density at radius 1 is 1.33 bits per heavy atom. The van der Waals surface area contributed by atoms with Gasteiger partial charge in [-0.3, -0.25) is 0 Å². The highest BCUT2D eigenvalue weighted by atomic mass is 16.5. The second kappa shape index (κ2) is 6.57. The first-order chi connectivity index (χ1) is 11.7. The van der Waals surface area contributed by atoms with Crippen LogP contribution in [0.15, 0.2) is 6.07 Å². The van der Waals surface area contributed by atoms with E-state index >= 15 is 0 Å². The zero-order chi connectivity index (χ0) is 16.7. The third kappa shape index (κ3) is 2.91. The summed E-state index contributed by atoms with van der Waals surface area (Å²) in [5.74, 6) is 1.85. The fourth-order valence-corrected chi connectivity index (χ4v) is 4.20. The molecule has 2 aliphatic heterocycles. The third-order valence-electron chi connectivity index (χ3n) is 5.77. The summed E-state index contributed by atoms with van der Waals surface area (Å²) in [5, 5.41) is 3.56. The number of nitrogens with zero attached hydrogens (tertiary/aromatic N) is 1. The van der Waals surface area contributed by atoms with Crippen LogP contribution in [0.1, 0.15) is 49.3 Å². The minimum absolute atomic E-state index is 0.228. The van der Waals surface area contributed by atoms with Crippen LogP contribution >= 0.6 is 0 Å². The number of benzene rings is 1. The molecule has 2 atom stereocenters. The smallest absolute Gasteiger partial charge is 0.143 e. The number of fused-ring (bicyclic) bond motifs is 2. The molecule has 0 amide bonds. The number of hydrogen-bond donors (Lipinski definition) is 1. The van der Waals surface area contributed by atoms with E-state index in [0.29, 0.717) is 6.04 Å². The van der Waals surface area contributed by atoms with E-state index in [-0.39, 0.29) is 6.10 Å². The van der Waals surface area contributed by atoms with E-state index in [9.17, 15) is 0 Å². The summed E-state index contributed by atoms with van der Waals surface area (Å²) in [6.07, 6.45) is 5.16. The second-order valence-electron chi connectivity index (χ2n) is 7.66. The van der Waals surface area contributed by atoms with Crippen LogP contribution < -0.4 is 15.0 Å². The molecule has 0 aromatic heterocycles. The first-order valence-electron chi connectivity index (χ1n) is 9.50. The lowest BCUT2D eigenvalue weighted by atomic mass is 9.90. The van der Waals surface area contributed by atoms with Gasteiger partial charge in [0.15, 0.2) is 0 Å². The highest BCUT2D eigenvalue weighted by molar-refractivity contribution is 5.71. The first-order valence-corrected chi connectivity index (χ1v) is 9.50. The molecule has 1 saturated carbocycles. The molecule has 1 aromatic rings. The van der Waals surface area contributed by atoms with Crippen molar-refractivity contribution in [3.8, 4) is 5.75 Å². The van der Waals surface area contributed by atoms with Crippen LogP contribution in [-0.4, -0.2) is 45.5 Å². The number of nitrogens with one attached hydrogen (secondary N) is 1. The van der Waals surface area contributed by atoms with Gasteiger partial charge < -0.3 is 19.7 Å². The van der Waals surface area contributed by atoms with Crippen molar-refractivity contribution < 1.29 is 9.47 Å². The molecule has 1 fully saturated rings. The van der Waals surface area contributed by atoms with Crippen molar-refractivity contribution in [3.05, 3.63) is 22.8 Å². The molecular formula is C20H30N2O2. The molecule has 0 saturated heterocycles. The van der Waals surface area contributed by atoms with E-state index in [1.165, 1.54) is 24.1 Å². The average molecular weight is 330 g/mol. The molecule has 1 N–H and O–H groups in total. The van der Waals surface area contributed by atoms with Crippen molar-refractivity contribution in [2.45, 2.75) is 57.6 Å². The first kappa shape index (κ1) is 16.2. The largest absolute Gasteiger partial charge is 0.489 e. The molecule has 4 heteroatoms. The van der Waals surface area contributed by atoms with Crippen LogP contribution in [0.3, 0.4) is 0 Å². The zero-order valence-electron chi connectivity index (χ0n) is 15.2. The highest BCUT2D eigenvalue weighted by Crippen LogP contribution is 2.52. The van der Waals surface area contributed by atoms with Crippen molar-refractivity contribution in [3.63, 3.8) is 0 Å². The second-order valence-corrected chi connectivity index (χ2v) is 7.66. The summed E-state index contributed by atoms with van der Waals surface area (Å²) in [6.45, 7) is 8.31. The van der Waals surface area contributed by atoms with Crippen LogP contribution in [0.2, 0.25) is 0 Å². The predicted octanol–water partition coefficient (Wildman–Crippen LogP) is 2.87. The van der Waals surface area contributed by atoms with Crippen molar-refractivity contribution in [1.82, 2.24) is 5.32 Å².